The summed E-state index contributed by atoms with van der Waals surface area (Å²) in [7, 11) is 1.31. The average molecular weight is 387 g/mol. The summed E-state index contributed by atoms with van der Waals surface area (Å²) in [6.07, 6.45) is 1.70. The summed E-state index contributed by atoms with van der Waals surface area (Å²) in [4.78, 5) is 20.0. The van der Waals surface area contributed by atoms with Gasteiger partial charge in [0, 0.05) is 5.56 Å². The highest BCUT2D eigenvalue weighted by Crippen LogP contribution is 2.29. The van der Waals surface area contributed by atoms with Crippen LogP contribution in [-0.4, -0.2) is 29.6 Å². The number of hydrogen-bond acceptors (Lipinski definition) is 4. The Morgan fingerprint density at radius 3 is 2.57 bits per heavy atom. The summed E-state index contributed by atoms with van der Waals surface area (Å²) in [5, 5.41) is 2.81. The Hall–Kier alpha value is -3.42. The molecule has 0 saturated carbocycles. The number of imidazole rings is 1. The monoisotopic (exact) mass is 387 g/mol. The van der Waals surface area contributed by atoms with Crippen LogP contribution in [0.15, 0.2) is 54.7 Å². The maximum atomic E-state index is 12.5. The van der Waals surface area contributed by atoms with Gasteiger partial charge in [-0.05, 0) is 30.7 Å². The third kappa shape index (κ3) is 4.46. The van der Waals surface area contributed by atoms with Crippen LogP contribution in [0.1, 0.15) is 29.1 Å². The summed E-state index contributed by atoms with van der Waals surface area (Å²) >= 11 is 0. The Morgan fingerprint density at radius 2 is 1.89 bits per heavy atom. The molecule has 146 valence electrons. The lowest BCUT2D eigenvalue weighted by atomic mass is 10.1. The molecule has 0 radical (unpaired) electrons. The van der Waals surface area contributed by atoms with Gasteiger partial charge in [0.05, 0.1) is 25.0 Å². The van der Waals surface area contributed by atoms with Gasteiger partial charge in [-0.2, -0.15) is 8.78 Å². The molecule has 6 nitrogen and oxygen atoms in total. The second-order valence-electron chi connectivity index (χ2n) is 5.99. The van der Waals surface area contributed by atoms with Crippen molar-refractivity contribution in [1.29, 1.82) is 0 Å². The smallest absolute Gasteiger partial charge is 0.387 e. The number of nitrogens with zero attached hydrogens (tertiary/aromatic N) is 1. The first-order valence-electron chi connectivity index (χ1n) is 8.52. The molecule has 0 aliphatic heterocycles. The quantitative estimate of drug-likeness (QED) is 0.638. The van der Waals surface area contributed by atoms with Crippen molar-refractivity contribution in [2.45, 2.75) is 19.6 Å². The molecule has 0 aliphatic rings. The molecule has 0 bridgehead atoms. The minimum Gasteiger partial charge on any atom is -0.493 e. The lowest BCUT2D eigenvalue weighted by Crippen LogP contribution is -2.27. The number of hydrogen-bond donors (Lipinski definition) is 2. The van der Waals surface area contributed by atoms with Crippen LogP contribution in [0.3, 0.4) is 0 Å². The van der Waals surface area contributed by atoms with E-state index >= 15 is 0 Å². The number of nitrogens with one attached hydrogen (secondary N) is 2. The Balaban J connectivity index is 1.71. The first-order chi connectivity index (χ1) is 13.5. The van der Waals surface area contributed by atoms with Crippen LogP contribution < -0.4 is 14.8 Å². The number of halogens is 2. The van der Waals surface area contributed by atoms with Gasteiger partial charge >= 0.3 is 6.61 Å². The SMILES string of the molecule is COc1cc(C(=O)NC(C)c2ncc(-c3ccccc3)[nH]2)ccc1OC(F)F. The van der Waals surface area contributed by atoms with Gasteiger partial charge in [0.25, 0.3) is 5.91 Å². The van der Waals surface area contributed by atoms with Crippen LogP contribution >= 0.6 is 0 Å². The molecule has 3 rings (SSSR count). The predicted molar refractivity (Wildman–Crippen MR) is 99.5 cm³/mol. The van der Waals surface area contributed by atoms with E-state index in [1.165, 1.54) is 25.3 Å². The highest BCUT2D eigenvalue weighted by Gasteiger charge is 2.17. The molecule has 1 unspecified atom stereocenters. The number of carbonyl (C=O) groups is 1. The number of alkyl halides is 2. The number of benzene rings is 2. The zero-order valence-electron chi connectivity index (χ0n) is 15.3. The molecule has 1 atom stereocenters. The standard InChI is InChI=1S/C20H19F2N3O3/c1-12(18-23-11-15(25-18)13-6-4-3-5-7-13)24-19(26)14-8-9-16(28-20(21)22)17(10-14)27-2/h3-12,20H,1-2H3,(H,23,25)(H,24,26). The Kier molecular flexibility index (Phi) is 5.88. The summed E-state index contributed by atoms with van der Waals surface area (Å²) < 4.78 is 34.2. The zero-order chi connectivity index (χ0) is 20.1. The molecule has 0 saturated heterocycles. The van der Waals surface area contributed by atoms with Crippen LogP contribution in [-0.2, 0) is 0 Å². The third-order valence-electron chi connectivity index (χ3n) is 4.08. The van der Waals surface area contributed by atoms with E-state index in [2.05, 4.69) is 20.0 Å². The molecule has 1 aromatic heterocycles. The number of carbonyl (C=O) groups excluding carboxylic acids is 1. The van der Waals surface area contributed by atoms with Crippen LogP contribution in [0.4, 0.5) is 8.78 Å². The molecule has 0 fully saturated rings. The topological polar surface area (TPSA) is 76.2 Å². The zero-order valence-corrected chi connectivity index (χ0v) is 15.3. The second kappa shape index (κ2) is 8.51. The fourth-order valence-corrected chi connectivity index (χ4v) is 2.67. The molecular formula is C20H19F2N3O3. The minimum absolute atomic E-state index is 0.0463. The van der Waals surface area contributed by atoms with Gasteiger partial charge in [-0.15, -0.1) is 0 Å². The number of ether oxygens (including phenoxy) is 2. The highest BCUT2D eigenvalue weighted by atomic mass is 19.3. The van der Waals surface area contributed by atoms with E-state index in [1.807, 2.05) is 30.3 Å². The predicted octanol–water partition coefficient (Wildman–Crippen LogP) is 4.18. The normalized spacial score (nSPS) is 11.9. The summed E-state index contributed by atoms with van der Waals surface area (Å²) in [5.74, 6) is 0.106. The molecule has 2 aromatic carbocycles. The van der Waals surface area contributed by atoms with Crippen molar-refractivity contribution < 1.29 is 23.0 Å². The molecule has 3 aromatic rings. The number of amides is 1. The first-order valence-corrected chi connectivity index (χ1v) is 8.52. The number of aromatic amines is 1. The van der Waals surface area contributed by atoms with E-state index in [-0.39, 0.29) is 17.1 Å². The minimum atomic E-state index is -2.98. The molecule has 2 N–H and O–H groups in total. The summed E-state index contributed by atoms with van der Waals surface area (Å²) in [6, 6.07) is 13.3. The Bertz CT molecular complexity index is 945. The fraction of sp³-hybridized carbons (Fsp3) is 0.200. The van der Waals surface area contributed by atoms with Crippen molar-refractivity contribution in [3.8, 4) is 22.8 Å². The molecule has 0 aliphatic carbocycles. The molecule has 1 amide bonds. The molecule has 1 heterocycles. The Labute approximate surface area is 160 Å². The van der Waals surface area contributed by atoms with Crippen LogP contribution in [0.2, 0.25) is 0 Å². The number of rotatable bonds is 7. The van der Waals surface area contributed by atoms with Crippen molar-refractivity contribution >= 4 is 5.91 Å². The van der Waals surface area contributed by atoms with Gasteiger partial charge in [0.1, 0.15) is 5.82 Å². The third-order valence-corrected chi connectivity index (χ3v) is 4.08. The van der Waals surface area contributed by atoms with Gasteiger partial charge in [-0.3, -0.25) is 4.79 Å². The number of H-pyrrole nitrogens is 1. The molecule has 0 spiro atoms. The average Bonchev–Trinajstić information content (AvgIpc) is 3.19. The summed E-state index contributed by atoms with van der Waals surface area (Å²) in [5.41, 5.74) is 2.08. The van der Waals surface area contributed by atoms with Gasteiger partial charge in [-0.1, -0.05) is 30.3 Å². The van der Waals surface area contributed by atoms with Crippen molar-refractivity contribution in [2.75, 3.05) is 7.11 Å². The van der Waals surface area contributed by atoms with Crippen LogP contribution in [0.25, 0.3) is 11.3 Å². The van der Waals surface area contributed by atoms with Crippen molar-refractivity contribution in [2.24, 2.45) is 0 Å². The van der Waals surface area contributed by atoms with Crippen molar-refractivity contribution in [3.05, 3.63) is 66.1 Å². The highest BCUT2D eigenvalue weighted by molar-refractivity contribution is 5.95. The maximum absolute atomic E-state index is 12.5. The van der Waals surface area contributed by atoms with Gasteiger partial charge in [0.15, 0.2) is 11.5 Å². The van der Waals surface area contributed by atoms with Crippen molar-refractivity contribution in [1.82, 2.24) is 15.3 Å². The summed E-state index contributed by atoms with van der Waals surface area (Å²) in [6.45, 7) is -1.19. The van der Waals surface area contributed by atoms with E-state index in [1.54, 1.807) is 13.1 Å². The lowest BCUT2D eigenvalue weighted by molar-refractivity contribution is -0.0512. The maximum Gasteiger partial charge on any atom is 0.387 e. The van der Waals surface area contributed by atoms with Gasteiger partial charge in [-0.25, -0.2) is 4.98 Å². The number of methoxy groups -OCH3 is 1. The molecule has 28 heavy (non-hydrogen) atoms. The largest absolute Gasteiger partial charge is 0.493 e. The van der Waals surface area contributed by atoms with Crippen LogP contribution in [0.5, 0.6) is 11.5 Å². The Morgan fingerprint density at radius 1 is 1.14 bits per heavy atom. The van der Waals surface area contributed by atoms with E-state index in [0.29, 0.717) is 5.82 Å². The van der Waals surface area contributed by atoms with Gasteiger partial charge < -0.3 is 19.8 Å². The molecule has 8 heteroatoms. The van der Waals surface area contributed by atoms with Crippen LogP contribution in [0, 0.1) is 0 Å². The van der Waals surface area contributed by atoms with E-state index in [4.69, 9.17) is 4.74 Å². The van der Waals surface area contributed by atoms with E-state index in [9.17, 15) is 13.6 Å². The van der Waals surface area contributed by atoms with E-state index in [0.717, 1.165) is 11.3 Å². The lowest BCUT2D eigenvalue weighted by Gasteiger charge is -2.14. The molecular weight excluding hydrogens is 368 g/mol. The van der Waals surface area contributed by atoms with Gasteiger partial charge in [0.2, 0.25) is 0 Å². The fourth-order valence-electron chi connectivity index (χ4n) is 2.67. The van der Waals surface area contributed by atoms with Crippen molar-refractivity contribution in [3.63, 3.8) is 0 Å². The second-order valence-corrected chi connectivity index (χ2v) is 5.99. The number of aromatic nitrogens is 2. The van der Waals surface area contributed by atoms with E-state index < -0.39 is 18.6 Å². The first kappa shape index (κ1) is 19.3.